The molecule has 6 nitrogen and oxygen atoms in total. The number of aromatic nitrogens is 2. The van der Waals surface area contributed by atoms with Crippen molar-refractivity contribution in [1.82, 2.24) is 14.5 Å². The first kappa shape index (κ1) is 21.4. The number of hydrogen-bond acceptors (Lipinski definition) is 4. The summed E-state index contributed by atoms with van der Waals surface area (Å²) in [7, 11) is 3.33. The van der Waals surface area contributed by atoms with Crippen molar-refractivity contribution in [3.05, 3.63) is 39.4 Å². The number of carbonyl (C=O) groups excluding carboxylic acids is 1. The fraction of sp³-hybridized carbons (Fsp3) is 0.550. The molecule has 1 heterocycles. The number of halogens is 1. The molecule has 1 unspecified atom stereocenters. The van der Waals surface area contributed by atoms with Gasteiger partial charge in [0.05, 0.1) is 16.9 Å². The van der Waals surface area contributed by atoms with Gasteiger partial charge in [-0.25, -0.2) is 4.98 Å². The van der Waals surface area contributed by atoms with Gasteiger partial charge in [0.2, 0.25) is 5.91 Å². The molecule has 1 aromatic carbocycles. The molecule has 27 heavy (non-hydrogen) atoms. The maximum atomic E-state index is 12.8. The van der Waals surface area contributed by atoms with Gasteiger partial charge < -0.3 is 9.64 Å². The summed E-state index contributed by atoms with van der Waals surface area (Å²) in [6.07, 6.45) is 1.17. The van der Waals surface area contributed by atoms with Crippen molar-refractivity contribution in [3.63, 3.8) is 0 Å². The van der Waals surface area contributed by atoms with Gasteiger partial charge in [-0.15, -0.1) is 0 Å². The summed E-state index contributed by atoms with van der Waals surface area (Å²) in [5, 5.41) is 1.03. The van der Waals surface area contributed by atoms with Crippen molar-refractivity contribution in [1.29, 1.82) is 0 Å². The molecular weight excluding hydrogens is 366 g/mol. The number of ether oxygens (including phenoxy) is 1. The first-order valence-corrected chi connectivity index (χ1v) is 9.58. The highest BCUT2D eigenvalue weighted by Gasteiger charge is 2.25. The summed E-state index contributed by atoms with van der Waals surface area (Å²) in [6, 6.07) is 4.70. The third-order valence-electron chi connectivity index (χ3n) is 4.57. The zero-order valence-electron chi connectivity index (χ0n) is 16.7. The Hall–Kier alpha value is -1.92. The molecular formula is C20H28ClN3O3. The second-order valence-corrected chi connectivity index (χ2v) is 7.64. The molecule has 0 saturated heterocycles. The second-order valence-electron chi connectivity index (χ2n) is 7.20. The molecule has 0 fully saturated rings. The lowest BCUT2D eigenvalue weighted by Crippen LogP contribution is -2.38. The monoisotopic (exact) mass is 393 g/mol. The molecule has 0 aliphatic heterocycles. The summed E-state index contributed by atoms with van der Waals surface area (Å²) in [6.45, 7) is 7.05. The molecule has 0 bridgehead atoms. The van der Waals surface area contributed by atoms with E-state index in [1.54, 1.807) is 37.3 Å². The van der Waals surface area contributed by atoms with Crippen molar-refractivity contribution < 1.29 is 9.53 Å². The number of benzene rings is 1. The van der Waals surface area contributed by atoms with Crippen molar-refractivity contribution in [2.24, 2.45) is 13.0 Å². The van der Waals surface area contributed by atoms with E-state index >= 15 is 0 Å². The van der Waals surface area contributed by atoms with E-state index in [1.807, 2.05) is 20.8 Å². The molecule has 0 aliphatic rings. The molecule has 0 spiro atoms. The maximum Gasteiger partial charge on any atom is 0.261 e. The van der Waals surface area contributed by atoms with Crippen LogP contribution in [0.1, 0.15) is 45.5 Å². The van der Waals surface area contributed by atoms with Crippen LogP contribution < -0.4 is 5.56 Å². The van der Waals surface area contributed by atoms with Gasteiger partial charge in [0.15, 0.2) is 0 Å². The van der Waals surface area contributed by atoms with Crippen LogP contribution in [0.15, 0.2) is 23.0 Å². The zero-order valence-corrected chi connectivity index (χ0v) is 17.4. The summed E-state index contributed by atoms with van der Waals surface area (Å²) in [4.78, 5) is 32.0. The van der Waals surface area contributed by atoms with E-state index in [2.05, 4.69) is 4.98 Å². The van der Waals surface area contributed by atoms with Gasteiger partial charge in [0.1, 0.15) is 5.82 Å². The quantitative estimate of drug-likeness (QED) is 0.643. The smallest absolute Gasteiger partial charge is 0.261 e. The summed E-state index contributed by atoms with van der Waals surface area (Å²) < 4.78 is 6.65. The number of fused-ring (bicyclic) bond motifs is 1. The highest BCUT2D eigenvalue weighted by molar-refractivity contribution is 6.31. The minimum absolute atomic E-state index is 0.0500. The summed E-state index contributed by atoms with van der Waals surface area (Å²) >= 11 is 6.07. The Morgan fingerprint density at radius 1 is 1.33 bits per heavy atom. The minimum atomic E-state index is -0.339. The average molecular weight is 394 g/mol. The van der Waals surface area contributed by atoms with Crippen LogP contribution in [0.2, 0.25) is 5.02 Å². The van der Waals surface area contributed by atoms with Gasteiger partial charge in [0.25, 0.3) is 5.56 Å². The van der Waals surface area contributed by atoms with E-state index in [-0.39, 0.29) is 23.4 Å². The molecule has 1 amide bonds. The normalized spacial score (nSPS) is 12.6. The van der Waals surface area contributed by atoms with Gasteiger partial charge in [-0.3, -0.25) is 14.2 Å². The van der Waals surface area contributed by atoms with Crippen molar-refractivity contribution in [2.75, 3.05) is 20.3 Å². The Balaban J connectivity index is 2.46. The van der Waals surface area contributed by atoms with Gasteiger partial charge in [-0.2, -0.15) is 0 Å². The van der Waals surface area contributed by atoms with E-state index in [9.17, 15) is 9.59 Å². The highest BCUT2D eigenvalue weighted by atomic mass is 35.5. The third-order valence-corrected chi connectivity index (χ3v) is 4.80. The molecule has 1 aromatic heterocycles. The Kier molecular flexibility index (Phi) is 7.39. The lowest BCUT2D eigenvalue weighted by Gasteiger charge is -2.30. The third kappa shape index (κ3) is 5.08. The molecule has 1 atom stereocenters. The average Bonchev–Trinajstić information content (AvgIpc) is 2.60. The highest BCUT2D eigenvalue weighted by Crippen LogP contribution is 2.23. The number of methoxy groups -OCH3 is 1. The van der Waals surface area contributed by atoms with Crippen LogP contribution >= 0.6 is 11.6 Å². The van der Waals surface area contributed by atoms with Gasteiger partial charge >= 0.3 is 0 Å². The fourth-order valence-corrected chi connectivity index (χ4v) is 3.32. The zero-order chi connectivity index (χ0) is 20.1. The Morgan fingerprint density at radius 2 is 2.04 bits per heavy atom. The van der Waals surface area contributed by atoms with Crippen molar-refractivity contribution >= 4 is 28.4 Å². The number of hydrogen-bond donors (Lipinski definition) is 0. The predicted molar refractivity (Wildman–Crippen MR) is 108 cm³/mol. The lowest BCUT2D eigenvalue weighted by molar-refractivity contribution is -0.134. The largest absolute Gasteiger partial charge is 0.385 e. The van der Waals surface area contributed by atoms with Crippen LogP contribution in [0, 0.1) is 5.92 Å². The molecule has 2 aromatic rings. The van der Waals surface area contributed by atoms with E-state index < -0.39 is 0 Å². The molecule has 0 saturated carbocycles. The Labute approximate surface area is 165 Å². The van der Waals surface area contributed by atoms with Gasteiger partial charge in [0, 0.05) is 38.8 Å². The van der Waals surface area contributed by atoms with Crippen molar-refractivity contribution in [2.45, 2.75) is 39.7 Å². The van der Waals surface area contributed by atoms with Crippen LogP contribution in [-0.4, -0.2) is 40.6 Å². The minimum Gasteiger partial charge on any atom is -0.385 e. The summed E-state index contributed by atoms with van der Waals surface area (Å²) in [5.74, 6) is 0.847. The van der Waals surface area contributed by atoms with Gasteiger partial charge in [-0.05, 0) is 37.5 Å². The van der Waals surface area contributed by atoms with E-state index in [0.29, 0.717) is 41.3 Å². The molecule has 7 heteroatoms. The first-order valence-electron chi connectivity index (χ1n) is 9.20. The van der Waals surface area contributed by atoms with Crippen LogP contribution in [-0.2, 0) is 16.6 Å². The summed E-state index contributed by atoms with van der Waals surface area (Å²) in [5.41, 5.74) is 0.396. The number of carbonyl (C=O) groups is 1. The van der Waals surface area contributed by atoms with Gasteiger partial charge in [-0.1, -0.05) is 25.4 Å². The molecule has 148 valence electrons. The maximum absolute atomic E-state index is 12.8. The number of amides is 1. The standard InChI is InChI=1S/C20H28ClN3O3/c1-13(2)11-18(25)24(9-6-10-27-5)14(3)19-22-17-12-15(21)7-8-16(17)20(26)23(19)4/h7-8,12-14H,6,9-11H2,1-5H3. The van der Waals surface area contributed by atoms with E-state index in [4.69, 9.17) is 16.3 Å². The first-order chi connectivity index (χ1) is 12.8. The SMILES string of the molecule is COCCCN(C(=O)CC(C)C)C(C)c1nc2cc(Cl)ccc2c(=O)n1C. The van der Waals surface area contributed by atoms with Crippen LogP contribution in [0.5, 0.6) is 0 Å². The molecule has 0 radical (unpaired) electrons. The molecule has 0 N–H and O–H groups in total. The van der Waals surface area contributed by atoms with Crippen molar-refractivity contribution in [3.8, 4) is 0 Å². The topological polar surface area (TPSA) is 64.4 Å². The lowest BCUT2D eigenvalue weighted by atomic mass is 10.1. The molecule has 2 rings (SSSR count). The fourth-order valence-electron chi connectivity index (χ4n) is 3.15. The molecule has 0 aliphatic carbocycles. The Bertz CT molecular complexity index is 863. The number of rotatable bonds is 8. The van der Waals surface area contributed by atoms with E-state index in [1.165, 1.54) is 4.57 Å². The van der Waals surface area contributed by atoms with Crippen LogP contribution in [0.25, 0.3) is 10.9 Å². The predicted octanol–water partition coefficient (Wildman–Crippen LogP) is 3.56. The van der Waals surface area contributed by atoms with Crippen LogP contribution in [0.3, 0.4) is 0 Å². The van der Waals surface area contributed by atoms with E-state index in [0.717, 1.165) is 6.42 Å². The second kappa shape index (κ2) is 9.33. The Morgan fingerprint density at radius 3 is 2.67 bits per heavy atom. The van der Waals surface area contributed by atoms with Crippen LogP contribution in [0.4, 0.5) is 0 Å². The number of nitrogens with zero attached hydrogens (tertiary/aromatic N) is 3.